The summed E-state index contributed by atoms with van der Waals surface area (Å²) < 4.78 is 4.91. The van der Waals surface area contributed by atoms with E-state index < -0.39 is 6.09 Å². The van der Waals surface area contributed by atoms with E-state index in [2.05, 4.69) is 5.32 Å². The molecule has 0 radical (unpaired) electrons. The molecule has 0 aliphatic heterocycles. The monoisotopic (exact) mass is 214 g/mol. The van der Waals surface area contributed by atoms with Crippen LogP contribution in [0.3, 0.4) is 0 Å². The van der Waals surface area contributed by atoms with E-state index in [1.165, 1.54) is 0 Å². The Morgan fingerprint density at radius 3 is 2.86 bits per heavy atom. The average Bonchev–Trinajstić information content (AvgIpc) is 2.18. The fraction of sp³-hybridized carbons (Fsp3) is 0.222. The van der Waals surface area contributed by atoms with Crippen molar-refractivity contribution >= 4 is 17.7 Å². The number of nitrogens with two attached hydrogens (primary N) is 1. The molecule has 4 nitrogen and oxygen atoms in total. The quantitative estimate of drug-likeness (QED) is 0.799. The molecular weight excluding hydrogens is 204 g/mol. The highest BCUT2D eigenvalue weighted by atomic mass is 35.5. The number of nitrogens with one attached hydrogen (secondary N) is 1. The largest absolute Gasteiger partial charge is 0.412 e. The van der Waals surface area contributed by atoms with E-state index in [4.69, 9.17) is 22.1 Å². The first-order valence-corrected chi connectivity index (χ1v) is 4.52. The molecular formula is C9H11ClN2O2. The number of rotatable bonds is 3. The van der Waals surface area contributed by atoms with Crippen molar-refractivity contribution < 1.29 is 9.53 Å². The van der Waals surface area contributed by atoms with Gasteiger partial charge in [-0.1, -0.05) is 23.7 Å². The lowest BCUT2D eigenvalue weighted by molar-refractivity contribution is 0.201. The van der Waals surface area contributed by atoms with Crippen LogP contribution in [0.2, 0.25) is 5.02 Å². The minimum absolute atomic E-state index is 0.337. The molecule has 0 unspecified atom stereocenters. The van der Waals surface area contributed by atoms with Gasteiger partial charge in [0, 0.05) is 13.1 Å². The fourth-order valence-corrected chi connectivity index (χ4v) is 1.01. The number of halogens is 1. The molecule has 0 aliphatic rings. The van der Waals surface area contributed by atoms with Gasteiger partial charge in [-0.15, -0.1) is 0 Å². The summed E-state index contributed by atoms with van der Waals surface area (Å²) in [7, 11) is 0. The third-order valence-electron chi connectivity index (χ3n) is 1.45. The first-order valence-electron chi connectivity index (χ1n) is 4.14. The average molecular weight is 215 g/mol. The molecule has 0 atom stereocenters. The van der Waals surface area contributed by atoms with Crippen molar-refractivity contribution in [1.29, 1.82) is 0 Å². The summed E-state index contributed by atoms with van der Waals surface area (Å²) in [4.78, 5) is 11.1. The molecule has 1 aromatic carbocycles. The van der Waals surface area contributed by atoms with Gasteiger partial charge in [0.1, 0.15) is 0 Å². The number of benzene rings is 1. The van der Waals surface area contributed by atoms with Crippen molar-refractivity contribution in [3.63, 3.8) is 0 Å². The highest BCUT2D eigenvalue weighted by molar-refractivity contribution is 6.32. The van der Waals surface area contributed by atoms with E-state index in [1.54, 1.807) is 24.3 Å². The Morgan fingerprint density at radius 1 is 1.50 bits per heavy atom. The summed E-state index contributed by atoms with van der Waals surface area (Å²) >= 11 is 5.77. The summed E-state index contributed by atoms with van der Waals surface area (Å²) in [5, 5.41) is 2.86. The minimum Gasteiger partial charge on any atom is -0.409 e. The number of ether oxygens (including phenoxy) is 1. The number of hydrogen-bond donors (Lipinski definition) is 2. The number of carbonyl (C=O) groups is 1. The van der Waals surface area contributed by atoms with Crippen LogP contribution in [0.5, 0.6) is 5.75 Å². The van der Waals surface area contributed by atoms with E-state index >= 15 is 0 Å². The zero-order valence-electron chi connectivity index (χ0n) is 7.50. The van der Waals surface area contributed by atoms with Gasteiger partial charge < -0.3 is 15.8 Å². The van der Waals surface area contributed by atoms with Gasteiger partial charge in [0.2, 0.25) is 0 Å². The van der Waals surface area contributed by atoms with Crippen molar-refractivity contribution in [2.45, 2.75) is 0 Å². The Kier molecular flexibility index (Phi) is 4.22. The van der Waals surface area contributed by atoms with E-state index in [1.807, 2.05) is 0 Å². The van der Waals surface area contributed by atoms with Crippen LogP contribution in [0, 0.1) is 0 Å². The van der Waals surface area contributed by atoms with Gasteiger partial charge in [-0.3, -0.25) is 0 Å². The number of amides is 1. The summed E-state index contributed by atoms with van der Waals surface area (Å²) in [6, 6.07) is 6.75. The minimum atomic E-state index is -0.552. The normalized spacial score (nSPS) is 9.57. The van der Waals surface area contributed by atoms with Gasteiger partial charge in [0.15, 0.2) is 5.75 Å². The van der Waals surface area contributed by atoms with E-state index in [0.717, 1.165) is 0 Å². The van der Waals surface area contributed by atoms with Gasteiger partial charge in [-0.2, -0.15) is 0 Å². The summed E-state index contributed by atoms with van der Waals surface area (Å²) in [6.07, 6.45) is -0.552. The molecule has 1 aromatic rings. The fourth-order valence-electron chi connectivity index (χ4n) is 0.838. The second kappa shape index (κ2) is 5.47. The molecule has 0 bridgehead atoms. The van der Waals surface area contributed by atoms with Crippen molar-refractivity contribution in [3.05, 3.63) is 29.3 Å². The summed E-state index contributed by atoms with van der Waals surface area (Å²) in [5.41, 5.74) is 5.20. The standard InChI is InChI=1S/C9H11ClN2O2/c10-7-3-1-2-4-8(7)14-9(13)12-6-5-11/h1-4H,5-6,11H2,(H,12,13). The maximum atomic E-state index is 11.1. The Bertz CT molecular complexity index is 317. The molecule has 3 N–H and O–H groups in total. The van der Waals surface area contributed by atoms with Crippen LogP contribution < -0.4 is 15.8 Å². The summed E-state index contributed by atoms with van der Waals surface area (Å²) in [6.45, 7) is 0.751. The third kappa shape index (κ3) is 3.24. The second-order valence-corrected chi connectivity index (χ2v) is 2.94. The van der Waals surface area contributed by atoms with Crippen LogP contribution in [-0.4, -0.2) is 19.2 Å². The number of para-hydroxylation sites is 1. The Hall–Kier alpha value is -1.26. The first kappa shape index (κ1) is 10.8. The van der Waals surface area contributed by atoms with Crippen LogP contribution in [0.15, 0.2) is 24.3 Å². The van der Waals surface area contributed by atoms with Crippen molar-refractivity contribution in [2.24, 2.45) is 5.73 Å². The van der Waals surface area contributed by atoms with Gasteiger partial charge in [0.05, 0.1) is 5.02 Å². The van der Waals surface area contributed by atoms with Crippen molar-refractivity contribution in [2.75, 3.05) is 13.1 Å². The molecule has 1 amide bonds. The molecule has 14 heavy (non-hydrogen) atoms. The lowest BCUT2D eigenvalue weighted by Crippen LogP contribution is -2.31. The SMILES string of the molecule is NCCNC(=O)Oc1ccccc1Cl. The summed E-state index contributed by atoms with van der Waals surface area (Å²) in [5.74, 6) is 0.337. The third-order valence-corrected chi connectivity index (χ3v) is 1.77. The highest BCUT2D eigenvalue weighted by Crippen LogP contribution is 2.22. The molecule has 0 spiro atoms. The van der Waals surface area contributed by atoms with E-state index in [0.29, 0.717) is 23.9 Å². The zero-order valence-corrected chi connectivity index (χ0v) is 8.25. The molecule has 76 valence electrons. The molecule has 0 saturated heterocycles. The van der Waals surface area contributed by atoms with Crippen LogP contribution >= 0.6 is 11.6 Å². The van der Waals surface area contributed by atoms with Crippen LogP contribution in [-0.2, 0) is 0 Å². The Labute approximate surface area is 87.0 Å². The Balaban J connectivity index is 2.52. The zero-order chi connectivity index (χ0) is 10.4. The van der Waals surface area contributed by atoms with Crippen LogP contribution in [0.1, 0.15) is 0 Å². The topological polar surface area (TPSA) is 64.3 Å². The number of hydrogen-bond acceptors (Lipinski definition) is 3. The lowest BCUT2D eigenvalue weighted by atomic mass is 10.3. The van der Waals surface area contributed by atoms with Crippen LogP contribution in [0.25, 0.3) is 0 Å². The highest BCUT2D eigenvalue weighted by Gasteiger charge is 2.05. The molecule has 0 aliphatic carbocycles. The smallest absolute Gasteiger partial charge is 0.409 e. The molecule has 1 rings (SSSR count). The van der Waals surface area contributed by atoms with Crippen LogP contribution in [0.4, 0.5) is 4.79 Å². The Morgan fingerprint density at radius 2 is 2.21 bits per heavy atom. The lowest BCUT2D eigenvalue weighted by Gasteiger charge is -2.06. The predicted octanol–water partition coefficient (Wildman–Crippen LogP) is 1.39. The van der Waals surface area contributed by atoms with E-state index in [9.17, 15) is 4.79 Å². The predicted molar refractivity (Wildman–Crippen MR) is 54.5 cm³/mol. The number of carbonyl (C=O) groups excluding carboxylic acids is 1. The van der Waals surface area contributed by atoms with Crippen molar-refractivity contribution in [1.82, 2.24) is 5.32 Å². The molecule has 5 heteroatoms. The van der Waals surface area contributed by atoms with Crippen molar-refractivity contribution in [3.8, 4) is 5.75 Å². The maximum Gasteiger partial charge on any atom is 0.412 e. The molecule has 0 fully saturated rings. The maximum absolute atomic E-state index is 11.1. The van der Waals surface area contributed by atoms with E-state index in [-0.39, 0.29) is 0 Å². The van der Waals surface area contributed by atoms with Gasteiger partial charge in [-0.25, -0.2) is 4.79 Å². The second-order valence-electron chi connectivity index (χ2n) is 2.54. The van der Waals surface area contributed by atoms with Gasteiger partial charge in [0.25, 0.3) is 0 Å². The molecule has 0 saturated carbocycles. The van der Waals surface area contributed by atoms with Gasteiger partial charge >= 0.3 is 6.09 Å². The molecule has 0 heterocycles. The first-order chi connectivity index (χ1) is 6.74. The molecule has 0 aromatic heterocycles. The van der Waals surface area contributed by atoms with Gasteiger partial charge in [-0.05, 0) is 12.1 Å².